The van der Waals surface area contributed by atoms with Crippen LogP contribution in [0, 0.1) is 23.7 Å². The smallest absolute Gasteiger partial charge is 0.387 e. The molecule has 3 heteroatoms. The first-order valence-electron chi connectivity index (χ1n) is 12.3. The van der Waals surface area contributed by atoms with E-state index in [1.54, 1.807) is 17.7 Å². The molecule has 0 unspecified atom stereocenters. The van der Waals surface area contributed by atoms with Gasteiger partial charge in [0.15, 0.2) is 0 Å². The highest BCUT2D eigenvalue weighted by atomic mass is 19.3. The minimum atomic E-state index is -2.80. The molecule has 2 aromatic rings. The lowest BCUT2D eigenvalue weighted by molar-refractivity contribution is -0.0498. The van der Waals surface area contributed by atoms with Crippen molar-refractivity contribution in [1.82, 2.24) is 0 Å². The molecule has 0 bridgehead atoms. The van der Waals surface area contributed by atoms with E-state index >= 15 is 0 Å². The summed E-state index contributed by atoms with van der Waals surface area (Å²) in [5.74, 6) is 9.08. The molecule has 3 atom stereocenters. The van der Waals surface area contributed by atoms with E-state index in [0.29, 0.717) is 0 Å². The van der Waals surface area contributed by atoms with Gasteiger partial charge in [0.05, 0.1) is 0 Å². The first kappa shape index (κ1) is 22.8. The summed E-state index contributed by atoms with van der Waals surface area (Å²) < 4.78 is 28.9. The molecule has 1 nitrogen and oxygen atoms in total. The fraction of sp³-hybridized carbons (Fsp3) is 0.517. The van der Waals surface area contributed by atoms with E-state index in [1.165, 1.54) is 75.5 Å². The molecular weight excluding hydrogens is 402 g/mol. The van der Waals surface area contributed by atoms with Crippen molar-refractivity contribution in [2.45, 2.75) is 83.7 Å². The van der Waals surface area contributed by atoms with Crippen LogP contribution in [0.5, 0.6) is 5.75 Å². The second-order valence-electron chi connectivity index (χ2n) is 9.50. The second kappa shape index (κ2) is 11.0. The van der Waals surface area contributed by atoms with Crippen LogP contribution < -0.4 is 4.74 Å². The molecule has 1 fully saturated rings. The summed E-state index contributed by atoms with van der Waals surface area (Å²) in [4.78, 5) is 0. The molecule has 0 amide bonds. The predicted molar refractivity (Wildman–Crippen MR) is 126 cm³/mol. The number of benzene rings is 2. The van der Waals surface area contributed by atoms with Gasteiger partial charge >= 0.3 is 6.61 Å². The molecule has 1 saturated carbocycles. The van der Waals surface area contributed by atoms with Gasteiger partial charge in [-0.1, -0.05) is 56.9 Å². The van der Waals surface area contributed by atoms with Crippen LogP contribution in [-0.4, -0.2) is 6.61 Å². The van der Waals surface area contributed by atoms with Crippen LogP contribution in [0.25, 0.3) is 0 Å². The van der Waals surface area contributed by atoms with Crippen molar-refractivity contribution >= 4 is 0 Å². The van der Waals surface area contributed by atoms with Crippen LogP contribution in [0.2, 0.25) is 0 Å². The third kappa shape index (κ3) is 5.91. The highest BCUT2D eigenvalue weighted by Crippen LogP contribution is 2.48. The summed E-state index contributed by atoms with van der Waals surface area (Å²) in [6, 6.07) is 13.2. The molecule has 0 aromatic heterocycles. The zero-order valence-corrected chi connectivity index (χ0v) is 19.1. The maximum absolute atomic E-state index is 12.3. The average Bonchev–Trinajstić information content (AvgIpc) is 2.80. The lowest BCUT2D eigenvalue weighted by Gasteiger charge is -2.40. The minimum absolute atomic E-state index is 0.157. The highest BCUT2D eigenvalue weighted by molar-refractivity contribution is 5.48. The van der Waals surface area contributed by atoms with Gasteiger partial charge in [-0.25, -0.2) is 0 Å². The Kier molecular flexibility index (Phi) is 7.85. The Hall–Kier alpha value is -2.34. The number of alkyl halides is 2. The Balaban J connectivity index is 1.37. The van der Waals surface area contributed by atoms with Gasteiger partial charge in [0.25, 0.3) is 0 Å². The molecular formula is C29H34F2O. The Labute approximate surface area is 191 Å². The summed E-state index contributed by atoms with van der Waals surface area (Å²) in [6.07, 6.45) is 13.6. The normalized spacial score (nSPS) is 21.9. The molecule has 0 N–H and O–H groups in total. The summed E-state index contributed by atoms with van der Waals surface area (Å²) >= 11 is 0. The zero-order chi connectivity index (χ0) is 22.3. The third-order valence-electron chi connectivity index (χ3n) is 7.31. The summed E-state index contributed by atoms with van der Waals surface area (Å²) in [5, 5.41) is 0. The molecule has 4 rings (SSSR count). The Morgan fingerprint density at radius 3 is 2.50 bits per heavy atom. The fourth-order valence-electron chi connectivity index (χ4n) is 5.68. The van der Waals surface area contributed by atoms with Gasteiger partial charge in [-0.15, -0.1) is 0 Å². The van der Waals surface area contributed by atoms with Crippen molar-refractivity contribution in [3.05, 3.63) is 64.7 Å². The number of aryl methyl sites for hydroxylation is 1. The molecule has 32 heavy (non-hydrogen) atoms. The minimum Gasteiger partial charge on any atom is -0.435 e. The van der Waals surface area contributed by atoms with Crippen molar-refractivity contribution in [1.29, 1.82) is 0 Å². The van der Waals surface area contributed by atoms with Gasteiger partial charge in [0, 0.05) is 11.1 Å². The molecule has 170 valence electrons. The first-order valence-corrected chi connectivity index (χ1v) is 12.3. The van der Waals surface area contributed by atoms with Crippen LogP contribution in [-0.2, 0) is 6.42 Å². The molecule has 0 heterocycles. The molecule has 2 aliphatic rings. The maximum Gasteiger partial charge on any atom is 0.387 e. The van der Waals surface area contributed by atoms with Gasteiger partial charge in [-0.2, -0.15) is 8.78 Å². The Bertz CT molecular complexity index is 938. The third-order valence-corrected chi connectivity index (χ3v) is 7.31. The molecule has 2 aliphatic carbocycles. The lowest BCUT2D eigenvalue weighted by Crippen LogP contribution is -2.28. The largest absolute Gasteiger partial charge is 0.435 e. The van der Waals surface area contributed by atoms with Crippen LogP contribution in [0.3, 0.4) is 0 Å². The Morgan fingerprint density at radius 1 is 0.938 bits per heavy atom. The van der Waals surface area contributed by atoms with Crippen LogP contribution in [0.15, 0.2) is 42.5 Å². The monoisotopic (exact) mass is 436 g/mol. The SMILES string of the molecule is CCCCCC[C@@H]1CC[C@@H]2c3ccc(C#Cc4ccc(OC(F)F)cc4)cc3CC[C@@H]2C1. The van der Waals surface area contributed by atoms with E-state index < -0.39 is 6.61 Å². The number of rotatable bonds is 7. The Morgan fingerprint density at radius 2 is 1.72 bits per heavy atom. The number of ether oxygens (including phenoxy) is 1. The van der Waals surface area contributed by atoms with Crippen LogP contribution in [0.1, 0.15) is 92.9 Å². The van der Waals surface area contributed by atoms with Crippen LogP contribution >= 0.6 is 0 Å². The van der Waals surface area contributed by atoms with Crippen molar-refractivity contribution in [2.75, 3.05) is 0 Å². The van der Waals surface area contributed by atoms with Crippen molar-refractivity contribution in [3.8, 4) is 17.6 Å². The quantitative estimate of drug-likeness (QED) is 0.315. The first-order chi connectivity index (χ1) is 15.6. The van der Waals surface area contributed by atoms with E-state index in [9.17, 15) is 8.78 Å². The number of hydrogen-bond acceptors (Lipinski definition) is 1. The molecule has 0 spiro atoms. The maximum atomic E-state index is 12.3. The van der Waals surface area contributed by atoms with Gasteiger partial charge in [0.2, 0.25) is 0 Å². The number of fused-ring (bicyclic) bond motifs is 3. The van der Waals surface area contributed by atoms with E-state index in [2.05, 4.69) is 41.7 Å². The van der Waals surface area contributed by atoms with E-state index in [1.807, 2.05) is 0 Å². The van der Waals surface area contributed by atoms with Crippen molar-refractivity contribution < 1.29 is 13.5 Å². The van der Waals surface area contributed by atoms with E-state index in [-0.39, 0.29) is 5.75 Å². The standard InChI is InChI=1S/C29H34F2O/c1-2-3-4-5-6-22-11-17-27-24(19-22)13-14-25-20-23(12-18-28(25)27)8-7-21-9-15-26(16-10-21)32-29(30)31/h9-10,12,15-16,18,20,22,24,27,29H,2-6,11,13-14,17,19H2,1H3/t22-,24-,27+/m1/s1. The van der Waals surface area contributed by atoms with Gasteiger partial charge in [-0.05, 0) is 97.4 Å². The van der Waals surface area contributed by atoms with Gasteiger partial charge in [0.1, 0.15) is 5.75 Å². The van der Waals surface area contributed by atoms with Gasteiger partial charge < -0.3 is 4.74 Å². The summed E-state index contributed by atoms with van der Waals surface area (Å²) in [5.41, 5.74) is 4.85. The molecule has 0 aliphatic heterocycles. The van der Waals surface area contributed by atoms with E-state index in [0.717, 1.165) is 35.3 Å². The van der Waals surface area contributed by atoms with Gasteiger partial charge in [-0.3, -0.25) is 0 Å². The number of unbranched alkanes of at least 4 members (excludes halogenated alkanes) is 3. The summed E-state index contributed by atoms with van der Waals surface area (Å²) in [7, 11) is 0. The second-order valence-corrected chi connectivity index (χ2v) is 9.50. The highest BCUT2D eigenvalue weighted by Gasteiger charge is 2.34. The molecule has 0 saturated heterocycles. The molecule has 2 aromatic carbocycles. The fourth-order valence-corrected chi connectivity index (χ4v) is 5.68. The number of halogens is 2. The van der Waals surface area contributed by atoms with Crippen LogP contribution in [0.4, 0.5) is 8.78 Å². The van der Waals surface area contributed by atoms with Crippen molar-refractivity contribution in [3.63, 3.8) is 0 Å². The number of hydrogen-bond donors (Lipinski definition) is 0. The zero-order valence-electron chi connectivity index (χ0n) is 19.1. The average molecular weight is 437 g/mol. The van der Waals surface area contributed by atoms with Crippen molar-refractivity contribution in [2.24, 2.45) is 11.8 Å². The topological polar surface area (TPSA) is 9.23 Å². The summed E-state index contributed by atoms with van der Waals surface area (Å²) in [6.45, 7) is -0.518. The van der Waals surface area contributed by atoms with E-state index in [4.69, 9.17) is 0 Å². The molecule has 0 radical (unpaired) electrons. The lowest BCUT2D eigenvalue weighted by atomic mass is 9.64. The predicted octanol–water partition coefficient (Wildman–Crippen LogP) is 8.10.